The van der Waals surface area contributed by atoms with Crippen molar-refractivity contribution >= 4 is 15.7 Å². The summed E-state index contributed by atoms with van der Waals surface area (Å²) in [5.74, 6) is 0. The molecule has 0 amide bonds. The van der Waals surface area contributed by atoms with Crippen LogP contribution in [-0.2, 0) is 10.0 Å². The maximum atomic E-state index is 12.6. The van der Waals surface area contributed by atoms with E-state index in [9.17, 15) is 8.42 Å². The van der Waals surface area contributed by atoms with Gasteiger partial charge in [0.1, 0.15) is 4.90 Å². The van der Waals surface area contributed by atoms with E-state index in [-0.39, 0.29) is 6.04 Å². The van der Waals surface area contributed by atoms with E-state index in [1.807, 2.05) is 26.8 Å². The first-order chi connectivity index (χ1) is 8.45. The quantitative estimate of drug-likeness (QED) is 0.864. The highest BCUT2D eigenvalue weighted by Gasteiger charge is 2.27. The summed E-state index contributed by atoms with van der Waals surface area (Å²) in [5, 5.41) is 2.93. The summed E-state index contributed by atoms with van der Waals surface area (Å²) in [6.45, 7) is 6.32. The zero-order valence-electron chi connectivity index (χ0n) is 11.5. The molecule has 4 nitrogen and oxygen atoms in total. The molecular weight excluding hydrogens is 248 g/mol. The fourth-order valence-corrected chi connectivity index (χ4v) is 3.83. The number of hydrogen-bond donors (Lipinski definition) is 1. The van der Waals surface area contributed by atoms with Crippen LogP contribution in [0.3, 0.4) is 0 Å². The highest BCUT2D eigenvalue weighted by molar-refractivity contribution is 7.89. The number of sulfonamides is 1. The lowest BCUT2D eigenvalue weighted by Gasteiger charge is -2.26. The summed E-state index contributed by atoms with van der Waals surface area (Å²) in [5.41, 5.74) is 0.638. The third kappa shape index (κ3) is 3.03. The van der Waals surface area contributed by atoms with Crippen molar-refractivity contribution in [3.05, 3.63) is 24.3 Å². The number of nitrogens with one attached hydrogen (secondary N) is 1. The van der Waals surface area contributed by atoms with Crippen molar-refractivity contribution in [1.29, 1.82) is 0 Å². The molecule has 0 heterocycles. The van der Waals surface area contributed by atoms with Crippen LogP contribution < -0.4 is 5.32 Å². The molecule has 0 fully saturated rings. The molecule has 0 aromatic heterocycles. The molecule has 1 rings (SSSR count). The van der Waals surface area contributed by atoms with Gasteiger partial charge in [0, 0.05) is 19.6 Å². The van der Waals surface area contributed by atoms with Gasteiger partial charge in [0.25, 0.3) is 0 Å². The fraction of sp³-hybridized carbons (Fsp3) is 0.538. The fourth-order valence-electron chi connectivity index (χ4n) is 1.90. The molecule has 0 aliphatic carbocycles. The normalized spacial score (nSPS) is 12.1. The van der Waals surface area contributed by atoms with Crippen molar-refractivity contribution in [2.75, 3.05) is 18.9 Å². The van der Waals surface area contributed by atoms with E-state index in [1.165, 1.54) is 0 Å². The average molecular weight is 270 g/mol. The Hall–Kier alpha value is -1.07. The van der Waals surface area contributed by atoms with Gasteiger partial charge in [-0.1, -0.05) is 19.1 Å². The molecule has 5 heteroatoms. The summed E-state index contributed by atoms with van der Waals surface area (Å²) in [6.07, 6.45) is 0.805. The molecule has 0 unspecified atom stereocenters. The minimum Gasteiger partial charge on any atom is -0.387 e. The highest BCUT2D eigenvalue weighted by atomic mass is 32.2. The number of anilines is 1. The Morgan fingerprint density at radius 3 is 2.39 bits per heavy atom. The second-order valence-corrected chi connectivity index (χ2v) is 6.31. The van der Waals surface area contributed by atoms with Gasteiger partial charge in [-0.15, -0.1) is 0 Å². The lowest BCUT2D eigenvalue weighted by Crippen LogP contribution is -2.37. The van der Waals surface area contributed by atoms with E-state index in [2.05, 4.69) is 5.32 Å². The minimum atomic E-state index is -3.43. The Labute approximate surface area is 110 Å². The summed E-state index contributed by atoms with van der Waals surface area (Å²) >= 11 is 0. The van der Waals surface area contributed by atoms with Gasteiger partial charge in [0.05, 0.1) is 5.69 Å². The van der Waals surface area contributed by atoms with Crippen molar-refractivity contribution in [1.82, 2.24) is 4.31 Å². The van der Waals surface area contributed by atoms with E-state index in [0.717, 1.165) is 6.42 Å². The summed E-state index contributed by atoms with van der Waals surface area (Å²) < 4.78 is 26.8. The van der Waals surface area contributed by atoms with Gasteiger partial charge < -0.3 is 5.32 Å². The summed E-state index contributed by atoms with van der Waals surface area (Å²) in [7, 11) is -1.70. The number of para-hydroxylation sites is 1. The monoisotopic (exact) mass is 270 g/mol. The van der Waals surface area contributed by atoms with Gasteiger partial charge in [0.15, 0.2) is 0 Å². The van der Waals surface area contributed by atoms with Crippen LogP contribution in [-0.4, -0.2) is 32.4 Å². The molecule has 0 aliphatic heterocycles. The van der Waals surface area contributed by atoms with Crippen LogP contribution in [0.4, 0.5) is 5.69 Å². The van der Waals surface area contributed by atoms with Gasteiger partial charge >= 0.3 is 0 Å². The van der Waals surface area contributed by atoms with Crippen LogP contribution in [0, 0.1) is 0 Å². The Morgan fingerprint density at radius 1 is 1.28 bits per heavy atom. The first-order valence-corrected chi connectivity index (χ1v) is 7.67. The van der Waals surface area contributed by atoms with Crippen molar-refractivity contribution in [2.45, 2.75) is 38.1 Å². The standard InChI is InChI=1S/C13H22N2O2S/c1-5-10-15(11(2)3)18(16,17)13-9-7-6-8-12(13)14-4/h6-9,11,14H,5,10H2,1-4H3. The Morgan fingerprint density at radius 2 is 1.89 bits per heavy atom. The van der Waals surface area contributed by atoms with Gasteiger partial charge in [0.2, 0.25) is 10.0 Å². The average Bonchev–Trinajstić information content (AvgIpc) is 2.35. The molecular formula is C13H22N2O2S. The molecule has 0 radical (unpaired) electrons. The molecule has 0 bridgehead atoms. The van der Waals surface area contributed by atoms with E-state index >= 15 is 0 Å². The SMILES string of the molecule is CCCN(C(C)C)S(=O)(=O)c1ccccc1NC. The second-order valence-electron chi connectivity index (χ2n) is 4.46. The van der Waals surface area contributed by atoms with E-state index in [4.69, 9.17) is 0 Å². The van der Waals surface area contributed by atoms with E-state index in [1.54, 1.807) is 29.6 Å². The summed E-state index contributed by atoms with van der Waals surface area (Å²) in [6, 6.07) is 6.95. The Kier molecular flexibility index (Phi) is 5.16. The van der Waals surface area contributed by atoms with Crippen molar-refractivity contribution < 1.29 is 8.42 Å². The van der Waals surface area contributed by atoms with Gasteiger partial charge in [-0.25, -0.2) is 8.42 Å². The molecule has 1 N–H and O–H groups in total. The minimum absolute atomic E-state index is 0.0418. The zero-order chi connectivity index (χ0) is 13.8. The largest absolute Gasteiger partial charge is 0.387 e. The van der Waals surface area contributed by atoms with Crippen molar-refractivity contribution in [3.63, 3.8) is 0 Å². The topological polar surface area (TPSA) is 49.4 Å². The lowest BCUT2D eigenvalue weighted by molar-refractivity contribution is 0.354. The molecule has 0 aliphatic rings. The smallest absolute Gasteiger partial charge is 0.245 e. The third-order valence-electron chi connectivity index (χ3n) is 2.76. The molecule has 0 saturated carbocycles. The predicted octanol–water partition coefficient (Wildman–Crippen LogP) is 2.54. The Balaban J connectivity index is 3.26. The summed E-state index contributed by atoms with van der Waals surface area (Å²) in [4.78, 5) is 0.342. The molecule has 1 aromatic carbocycles. The van der Waals surface area contributed by atoms with E-state index in [0.29, 0.717) is 17.1 Å². The first-order valence-electron chi connectivity index (χ1n) is 6.23. The van der Waals surface area contributed by atoms with Crippen LogP contribution in [0.15, 0.2) is 29.2 Å². The maximum Gasteiger partial charge on any atom is 0.245 e. The molecule has 1 aromatic rings. The van der Waals surface area contributed by atoms with E-state index < -0.39 is 10.0 Å². The number of nitrogens with zero attached hydrogens (tertiary/aromatic N) is 1. The lowest BCUT2D eigenvalue weighted by atomic mass is 10.3. The third-order valence-corrected chi connectivity index (χ3v) is 4.90. The van der Waals surface area contributed by atoms with Crippen LogP contribution in [0.25, 0.3) is 0 Å². The van der Waals surface area contributed by atoms with Gasteiger partial charge in [-0.2, -0.15) is 4.31 Å². The second kappa shape index (κ2) is 6.20. The van der Waals surface area contributed by atoms with Gasteiger partial charge in [-0.05, 0) is 32.4 Å². The van der Waals surface area contributed by atoms with Crippen molar-refractivity contribution in [2.24, 2.45) is 0 Å². The maximum absolute atomic E-state index is 12.6. The molecule has 0 atom stereocenters. The molecule has 0 saturated heterocycles. The number of hydrogen-bond acceptors (Lipinski definition) is 3. The highest BCUT2D eigenvalue weighted by Crippen LogP contribution is 2.25. The zero-order valence-corrected chi connectivity index (χ0v) is 12.3. The van der Waals surface area contributed by atoms with Crippen LogP contribution in [0.2, 0.25) is 0 Å². The number of rotatable bonds is 6. The van der Waals surface area contributed by atoms with Crippen LogP contribution in [0.1, 0.15) is 27.2 Å². The van der Waals surface area contributed by atoms with Crippen molar-refractivity contribution in [3.8, 4) is 0 Å². The number of benzene rings is 1. The first kappa shape index (κ1) is 15.0. The predicted molar refractivity (Wildman–Crippen MR) is 75.3 cm³/mol. The Bertz CT molecular complexity index is 484. The van der Waals surface area contributed by atoms with Gasteiger partial charge in [-0.3, -0.25) is 0 Å². The molecule has 0 spiro atoms. The van der Waals surface area contributed by atoms with Crippen LogP contribution in [0.5, 0.6) is 0 Å². The van der Waals surface area contributed by atoms with Crippen LogP contribution >= 0.6 is 0 Å². The molecule has 18 heavy (non-hydrogen) atoms. The molecule has 102 valence electrons.